The van der Waals surface area contributed by atoms with E-state index in [2.05, 4.69) is 5.32 Å². The highest BCUT2D eigenvalue weighted by Gasteiger charge is 2.29. The Morgan fingerprint density at radius 3 is 2.41 bits per heavy atom. The Morgan fingerprint density at radius 1 is 1.07 bits per heavy atom. The van der Waals surface area contributed by atoms with Gasteiger partial charge in [-0.15, -0.1) is 0 Å². The molecule has 0 saturated carbocycles. The summed E-state index contributed by atoms with van der Waals surface area (Å²) in [5.74, 6) is -3.39. The molecule has 2 heterocycles. The van der Waals surface area contributed by atoms with Crippen molar-refractivity contribution in [1.29, 1.82) is 0 Å². The SMILES string of the molecule is O=C(NCCS(=O)(=O)N1CCN(C(=O)c2ccco2)CC1)c1ccc(F)c(F)c1. The summed E-state index contributed by atoms with van der Waals surface area (Å²) >= 11 is 0. The third-order valence-electron chi connectivity index (χ3n) is 4.48. The van der Waals surface area contributed by atoms with Gasteiger partial charge in [0.1, 0.15) is 0 Å². The third kappa shape index (κ3) is 4.98. The van der Waals surface area contributed by atoms with Crippen LogP contribution in [-0.4, -0.2) is 67.9 Å². The number of benzene rings is 1. The molecular formula is C18H19F2N3O5S. The lowest BCUT2D eigenvalue weighted by atomic mass is 10.2. The molecule has 2 amide bonds. The van der Waals surface area contributed by atoms with Crippen molar-refractivity contribution in [3.8, 4) is 0 Å². The first-order valence-corrected chi connectivity index (χ1v) is 10.4. The molecule has 0 unspecified atom stereocenters. The number of amides is 2. The van der Waals surface area contributed by atoms with Crippen molar-refractivity contribution in [2.24, 2.45) is 0 Å². The lowest BCUT2D eigenvalue weighted by molar-refractivity contribution is 0.0665. The molecule has 0 atom stereocenters. The monoisotopic (exact) mass is 427 g/mol. The van der Waals surface area contributed by atoms with E-state index in [1.807, 2.05) is 0 Å². The van der Waals surface area contributed by atoms with Gasteiger partial charge in [-0.3, -0.25) is 9.59 Å². The van der Waals surface area contributed by atoms with Crippen LogP contribution in [0.2, 0.25) is 0 Å². The predicted molar refractivity (Wildman–Crippen MR) is 98.7 cm³/mol. The van der Waals surface area contributed by atoms with Crippen LogP contribution in [0.1, 0.15) is 20.9 Å². The molecule has 8 nitrogen and oxygen atoms in total. The van der Waals surface area contributed by atoms with E-state index in [4.69, 9.17) is 4.42 Å². The molecule has 156 valence electrons. The highest BCUT2D eigenvalue weighted by Crippen LogP contribution is 2.12. The molecule has 1 aliphatic heterocycles. The molecule has 1 saturated heterocycles. The summed E-state index contributed by atoms with van der Waals surface area (Å²) in [6.07, 6.45) is 1.39. The summed E-state index contributed by atoms with van der Waals surface area (Å²) in [6.45, 7) is 0.517. The molecule has 0 bridgehead atoms. The average molecular weight is 427 g/mol. The summed E-state index contributed by atoms with van der Waals surface area (Å²) in [5, 5.41) is 2.38. The maximum Gasteiger partial charge on any atom is 0.289 e. The van der Waals surface area contributed by atoms with Crippen LogP contribution in [0.5, 0.6) is 0 Å². The van der Waals surface area contributed by atoms with Gasteiger partial charge in [0.05, 0.1) is 12.0 Å². The van der Waals surface area contributed by atoms with E-state index in [1.165, 1.54) is 15.5 Å². The highest BCUT2D eigenvalue weighted by molar-refractivity contribution is 7.89. The van der Waals surface area contributed by atoms with Crippen molar-refractivity contribution in [1.82, 2.24) is 14.5 Å². The van der Waals surface area contributed by atoms with Crippen molar-refractivity contribution in [2.45, 2.75) is 0 Å². The number of furan rings is 1. The fourth-order valence-corrected chi connectivity index (χ4v) is 4.23. The first-order valence-electron chi connectivity index (χ1n) is 8.82. The summed E-state index contributed by atoms with van der Waals surface area (Å²) in [6, 6.07) is 5.82. The molecule has 1 aromatic heterocycles. The van der Waals surface area contributed by atoms with E-state index in [0.29, 0.717) is 0 Å². The number of halogens is 2. The quantitative estimate of drug-likeness (QED) is 0.744. The van der Waals surface area contributed by atoms with Crippen LogP contribution < -0.4 is 5.32 Å². The number of sulfonamides is 1. The van der Waals surface area contributed by atoms with Crippen LogP contribution in [0.3, 0.4) is 0 Å². The smallest absolute Gasteiger partial charge is 0.289 e. The fourth-order valence-electron chi connectivity index (χ4n) is 2.89. The average Bonchev–Trinajstić information content (AvgIpc) is 3.24. The van der Waals surface area contributed by atoms with E-state index >= 15 is 0 Å². The predicted octanol–water partition coefficient (Wildman–Crippen LogP) is 1.08. The normalized spacial score (nSPS) is 15.3. The highest BCUT2D eigenvalue weighted by atomic mass is 32.2. The molecule has 0 spiro atoms. The van der Waals surface area contributed by atoms with Crippen molar-refractivity contribution in [3.05, 3.63) is 59.6 Å². The Hall–Kier alpha value is -2.79. The molecular weight excluding hydrogens is 408 g/mol. The van der Waals surface area contributed by atoms with Gasteiger partial charge in [-0.05, 0) is 30.3 Å². The topological polar surface area (TPSA) is 99.9 Å². The zero-order chi connectivity index (χ0) is 21.0. The second-order valence-corrected chi connectivity index (χ2v) is 8.46. The maximum atomic E-state index is 13.2. The lowest BCUT2D eigenvalue weighted by Crippen LogP contribution is -2.51. The summed E-state index contributed by atoms with van der Waals surface area (Å²) in [5.41, 5.74) is -0.105. The number of carbonyl (C=O) groups excluding carboxylic acids is 2. The van der Waals surface area contributed by atoms with E-state index in [1.54, 1.807) is 12.1 Å². The molecule has 0 aliphatic carbocycles. The van der Waals surface area contributed by atoms with E-state index in [9.17, 15) is 26.8 Å². The Labute approximate surface area is 166 Å². The van der Waals surface area contributed by atoms with Crippen molar-refractivity contribution in [3.63, 3.8) is 0 Å². The van der Waals surface area contributed by atoms with Crippen LogP contribution in [0.4, 0.5) is 8.78 Å². The van der Waals surface area contributed by atoms with Crippen molar-refractivity contribution >= 4 is 21.8 Å². The minimum absolute atomic E-state index is 0.105. The standard InChI is InChI=1S/C18H19F2N3O5S/c19-14-4-3-13(12-15(14)20)17(24)21-5-11-29(26,27)23-8-6-22(7-9-23)18(25)16-2-1-10-28-16/h1-4,10,12H,5-9,11H2,(H,21,24). The minimum atomic E-state index is -3.66. The second-order valence-electron chi connectivity index (χ2n) is 6.37. The zero-order valence-electron chi connectivity index (χ0n) is 15.3. The molecule has 1 aromatic carbocycles. The summed E-state index contributed by atoms with van der Waals surface area (Å²) in [7, 11) is -3.66. The molecule has 1 N–H and O–H groups in total. The van der Waals surface area contributed by atoms with Gasteiger partial charge in [0.2, 0.25) is 10.0 Å². The van der Waals surface area contributed by atoms with Gasteiger partial charge in [-0.1, -0.05) is 0 Å². The van der Waals surface area contributed by atoms with Crippen molar-refractivity contribution < 1.29 is 31.2 Å². The van der Waals surface area contributed by atoms with Gasteiger partial charge >= 0.3 is 0 Å². The minimum Gasteiger partial charge on any atom is -0.459 e. The summed E-state index contributed by atoms with van der Waals surface area (Å²) < 4.78 is 57.3. The molecule has 11 heteroatoms. The number of carbonyl (C=O) groups is 2. The molecule has 3 rings (SSSR count). The van der Waals surface area contributed by atoms with Gasteiger partial charge in [0, 0.05) is 38.3 Å². The molecule has 1 fully saturated rings. The maximum absolute atomic E-state index is 13.2. The zero-order valence-corrected chi connectivity index (χ0v) is 16.1. The van der Waals surface area contributed by atoms with Gasteiger partial charge in [0.15, 0.2) is 17.4 Å². The van der Waals surface area contributed by atoms with Gasteiger partial charge in [-0.2, -0.15) is 4.31 Å². The molecule has 1 aliphatic rings. The second kappa shape index (κ2) is 8.70. The van der Waals surface area contributed by atoms with Crippen LogP contribution in [0.25, 0.3) is 0 Å². The first kappa shape index (κ1) is 20.9. The molecule has 29 heavy (non-hydrogen) atoms. The Kier molecular flexibility index (Phi) is 6.28. The largest absolute Gasteiger partial charge is 0.459 e. The Bertz CT molecular complexity index is 987. The van der Waals surface area contributed by atoms with Crippen molar-refractivity contribution in [2.75, 3.05) is 38.5 Å². The Morgan fingerprint density at radius 2 is 1.79 bits per heavy atom. The third-order valence-corrected chi connectivity index (χ3v) is 6.35. The van der Waals surface area contributed by atoms with Crippen LogP contribution >= 0.6 is 0 Å². The van der Waals surface area contributed by atoms with Gasteiger partial charge in [-0.25, -0.2) is 17.2 Å². The fraction of sp³-hybridized carbons (Fsp3) is 0.333. The van der Waals surface area contributed by atoms with Crippen LogP contribution in [0.15, 0.2) is 41.0 Å². The number of rotatable bonds is 6. The first-order chi connectivity index (χ1) is 13.8. The van der Waals surface area contributed by atoms with Crippen LogP contribution in [-0.2, 0) is 10.0 Å². The molecule has 0 radical (unpaired) electrons. The molecule has 2 aromatic rings. The lowest BCUT2D eigenvalue weighted by Gasteiger charge is -2.33. The van der Waals surface area contributed by atoms with Gasteiger partial charge < -0.3 is 14.6 Å². The van der Waals surface area contributed by atoms with E-state index < -0.39 is 27.6 Å². The number of hydrogen-bond donors (Lipinski definition) is 1. The Balaban J connectivity index is 1.48. The van der Waals surface area contributed by atoms with E-state index in [0.717, 1.165) is 18.2 Å². The number of piperazine rings is 1. The number of nitrogens with zero attached hydrogens (tertiary/aromatic N) is 2. The van der Waals surface area contributed by atoms with Crippen LogP contribution in [0, 0.1) is 11.6 Å². The van der Waals surface area contributed by atoms with E-state index in [-0.39, 0.29) is 55.7 Å². The number of hydrogen-bond acceptors (Lipinski definition) is 5. The summed E-state index contributed by atoms with van der Waals surface area (Å²) in [4.78, 5) is 25.7. The van der Waals surface area contributed by atoms with Gasteiger partial charge in [0.25, 0.3) is 11.8 Å². The number of nitrogens with one attached hydrogen (secondary N) is 1.